The third-order valence-corrected chi connectivity index (χ3v) is 1.38. The standard InChI is InChI=1S/C6H6O4S.Mg.2H/c7-5-1-3-6(4-2-5)10-11(8)9;;;/h1-4,7,11H;;;. The van der Waals surface area contributed by atoms with Crippen molar-refractivity contribution in [1.82, 2.24) is 0 Å². The average Bonchev–Trinajstić information content (AvgIpc) is 1.93. The molecule has 0 saturated heterocycles. The summed E-state index contributed by atoms with van der Waals surface area (Å²) in [5, 5.41) is 8.78. The van der Waals surface area contributed by atoms with Crippen molar-refractivity contribution in [3.05, 3.63) is 24.3 Å². The van der Waals surface area contributed by atoms with Crippen molar-refractivity contribution in [1.29, 1.82) is 0 Å². The molecule has 1 aromatic carbocycles. The molecule has 0 fully saturated rings. The molecule has 64 valence electrons. The summed E-state index contributed by atoms with van der Waals surface area (Å²) in [5.41, 5.74) is 0. The molecule has 0 amide bonds. The second kappa shape index (κ2) is 5.23. The van der Waals surface area contributed by atoms with Gasteiger partial charge >= 0.3 is 23.1 Å². The fourth-order valence-corrected chi connectivity index (χ4v) is 0.887. The highest BCUT2D eigenvalue weighted by Gasteiger charge is 1.92. The molecular formula is C6H8MgO4S. The number of phenolic OH excluding ortho intramolecular Hbond substituents is 1. The third kappa shape index (κ3) is 3.79. The minimum absolute atomic E-state index is 0. The van der Waals surface area contributed by atoms with Crippen LogP contribution in [0.25, 0.3) is 0 Å². The van der Waals surface area contributed by atoms with E-state index in [0.29, 0.717) is 0 Å². The Morgan fingerprint density at radius 2 is 1.67 bits per heavy atom. The normalized spacial score (nSPS) is 9.08. The van der Waals surface area contributed by atoms with Gasteiger partial charge in [-0.25, -0.2) is 0 Å². The van der Waals surface area contributed by atoms with Crippen LogP contribution in [0.15, 0.2) is 24.3 Å². The first-order chi connectivity index (χ1) is 5.18. The molecule has 0 unspecified atom stereocenters. The molecule has 0 bridgehead atoms. The lowest BCUT2D eigenvalue weighted by Gasteiger charge is -1.95. The van der Waals surface area contributed by atoms with Crippen LogP contribution in [0.2, 0.25) is 0 Å². The molecule has 0 atom stereocenters. The fourth-order valence-electron chi connectivity index (χ4n) is 0.593. The van der Waals surface area contributed by atoms with Gasteiger partial charge in [0.25, 0.3) is 11.0 Å². The van der Waals surface area contributed by atoms with E-state index in [1.165, 1.54) is 24.3 Å². The summed E-state index contributed by atoms with van der Waals surface area (Å²) < 4.78 is 24.3. The molecule has 0 aliphatic rings. The minimum atomic E-state index is -2.87. The predicted molar refractivity (Wildman–Crippen MR) is 47.6 cm³/mol. The summed E-state index contributed by atoms with van der Waals surface area (Å²) in [6.07, 6.45) is 0. The van der Waals surface area contributed by atoms with Crippen molar-refractivity contribution < 1.29 is 17.7 Å². The lowest BCUT2D eigenvalue weighted by molar-refractivity contribution is 0.472. The molecule has 0 radical (unpaired) electrons. The van der Waals surface area contributed by atoms with E-state index in [0.717, 1.165) is 0 Å². The Kier molecular flexibility index (Phi) is 5.03. The van der Waals surface area contributed by atoms with Gasteiger partial charge in [0.2, 0.25) is 0 Å². The van der Waals surface area contributed by atoms with E-state index in [9.17, 15) is 8.42 Å². The summed E-state index contributed by atoms with van der Waals surface area (Å²) in [6, 6.07) is 5.41. The molecule has 4 nitrogen and oxygen atoms in total. The Balaban J connectivity index is 0.00000121. The monoisotopic (exact) mass is 200 g/mol. The minimum Gasteiger partial charge on any atom is -0.508 e. The topological polar surface area (TPSA) is 63.6 Å². The molecule has 0 saturated carbocycles. The van der Waals surface area contributed by atoms with Crippen molar-refractivity contribution in [3.63, 3.8) is 0 Å². The quantitative estimate of drug-likeness (QED) is 0.493. The van der Waals surface area contributed by atoms with Crippen molar-refractivity contribution >= 4 is 34.0 Å². The second-order valence-electron chi connectivity index (χ2n) is 1.81. The van der Waals surface area contributed by atoms with E-state index in [1.54, 1.807) is 0 Å². The summed E-state index contributed by atoms with van der Waals surface area (Å²) in [4.78, 5) is 0. The molecule has 0 aromatic heterocycles. The SMILES string of the molecule is O=[SH](=O)Oc1ccc(O)cc1.[MgH2]. The Bertz CT molecular complexity index is 298. The molecule has 0 aliphatic carbocycles. The van der Waals surface area contributed by atoms with E-state index in [-0.39, 0.29) is 34.6 Å². The number of hydrogen-bond acceptors (Lipinski definition) is 4. The van der Waals surface area contributed by atoms with Gasteiger partial charge in [-0.2, -0.15) is 8.42 Å². The Morgan fingerprint density at radius 1 is 1.17 bits per heavy atom. The Hall–Kier alpha value is -0.464. The van der Waals surface area contributed by atoms with E-state index >= 15 is 0 Å². The van der Waals surface area contributed by atoms with Gasteiger partial charge in [-0.15, -0.1) is 0 Å². The van der Waals surface area contributed by atoms with Gasteiger partial charge in [0, 0.05) is 0 Å². The molecule has 12 heavy (non-hydrogen) atoms. The van der Waals surface area contributed by atoms with Gasteiger partial charge in [0.05, 0.1) is 0 Å². The molecule has 0 aliphatic heterocycles. The second-order valence-corrected chi connectivity index (χ2v) is 2.44. The first-order valence-electron chi connectivity index (χ1n) is 2.80. The maximum atomic E-state index is 10.0. The van der Waals surface area contributed by atoms with Crippen LogP contribution in [-0.4, -0.2) is 36.6 Å². The van der Waals surface area contributed by atoms with Crippen LogP contribution in [0.3, 0.4) is 0 Å². The van der Waals surface area contributed by atoms with Gasteiger partial charge in [0.1, 0.15) is 11.5 Å². The Morgan fingerprint density at radius 3 is 2.08 bits per heavy atom. The number of benzene rings is 1. The molecule has 6 heteroatoms. The average molecular weight is 200 g/mol. The lowest BCUT2D eigenvalue weighted by atomic mass is 10.3. The maximum absolute atomic E-state index is 10.0. The zero-order valence-corrected chi connectivity index (χ0v) is 6.32. The van der Waals surface area contributed by atoms with Crippen molar-refractivity contribution in [2.45, 2.75) is 0 Å². The van der Waals surface area contributed by atoms with Crippen LogP contribution in [0.1, 0.15) is 0 Å². The largest absolute Gasteiger partial charge is 0.508 e. The molecule has 0 heterocycles. The van der Waals surface area contributed by atoms with Gasteiger partial charge in [-0.1, -0.05) is 0 Å². The third-order valence-electron chi connectivity index (χ3n) is 1.02. The van der Waals surface area contributed by atoms with Crippen LogP contribution in [0, 0.1) is 0 Å². The number of hydrogen-bond donors (Lipinski definition) is 2. The van der Waals surface area contributed by atoms with Gasteiger partial charge in [-0.05, 0) is 24.3 Å². The summed E-state index contributed by atoms with van der Waals surface area (Å²) in [7, 11) is -2.87. The molecule has 1 N–H and O–H groups in total. The summed E-state index contributed by atoms with van der Waals surface area (Å²) in [6.45, 7) is 0. The van der Waals surface area contributed by atoms with Gasteiger partial charge in [0.15, 0.2) is 0 Å². The van der Waals surface area contributed by atoms with Crippen LogP contribution >= 0.6 is 0 Å². The number of phenols is 1. The highest BCUT2D eigenvalue weighted by Crippen LogP contribution is 2.15. The first kappa shape index (κ1) is 11.5. The smallest absolute Gasteiger partial charge is 0.316 e. The maximum Gasteiger partial charge on any atom is 0.316 e. The highest BCUT2D eigenvalue weighted by molar-refractivity contribution is 7.67. The summed E-state index contributed by atoms with van der Waals surface area (Å²) >= 11 is 0. The van der Waals surface area contributed by atoms with E-state index < -0.39 is 11.0 Å². The fraction of sp³-hybridized carbons (Fsp3) is 0. The van der Waals surface area contributed by atoms with Crippen LogP contribution in [0.5, 0.6) is 11.5 Å². The van der Waals surface area contributed by atoms with Crippen LogP contribution in [0.4, 0.5) is 0 Å². The van der Waals surface area contributed by atoms with E-state index in [4.69, 9.17) is 5.11 Å². The summed E-state index contributed by atoms with van der Waals surface area (Å²) in [5.74, 6) is 0.261. The van der Waals surface area contributed by atoms with Crippen molar-refractivity contribution in [2.75, 3.05) is 0 Å². The van der Waals surface area contributed by atoms with Crippen molar-refractivity contribution in [2.24, 2.45) is 0 Å². The Labute approximate surface area is 87.5 Å². The first-order valence-corrected chi connectivity index (χ1v) is 3.89. The van der Waals surface area contributed by atoms with E-state index in [1.807, 2.05) is 0 Å². The number of thiol groups is 1. The molecular weight excluding hydrogens is 192 g/mol. The highest BCUT2D eigenvalue weighted by atomic mass is 32.2. The van der Waals surface area contributed by atoms with Gasteiger partial charge < -0.3 is 9.29 Å². The van der Waals surface area contributed by atoms with Gasteiger partial charge in [-0.3, -0.25) is 0 Å². The molecule has 1 aromatic rings. The van der Waals surface area contributed by atoms with Crippen LogP contribution in [-0.2, 0) is 11.0 Å². The number of aromatic hydroxyl groups is 1. The lowest BCUT2D eigenvalue weighted by Crippen LogP contribution is -1.88. The molecule has 1 rings (SSSR count). The van der Waals surface area contributed by atoms with E-state index in [2.05, 4.69) is 4.18 Å². The molecule has 0 spiro atoms. The van der Waals surface area contributed by atoms with Crippen molar-refractivity contribution in [3.8, 4) is 11.5 Å². The van der Waals surface area contributed by atoms with Crippen LogP contribution < -0.4 is 4.18 Å². The predicted octanol–water partition coefficient (Wildman–Crippen LogP) is -0.619. The number of rotatable bonds is 2. The zero-order valence-electron chi connectivity index (χ0n) is 5.43. The zero-order chi connectivity index (χ0) is 8.27.